The quantitative estimate of drug-likeness (QED) is 0.268. The smallest absolute Gasteiger partial charge is 1.00 e. The summed E-state index contributed by atoms with van der Waals surface area (Å²) in [6.45, 7) is 6.28. The maximum Gasteiger partial charge on any atom is 1.00 e. The molecule has 0 unspecified atom stereocenters. The Morgan fingerprint density at radius 1 is 1.00 bits per heavy atom. The normalized spacial score (nSPS) is 7.50. The maximum absolute atomic E-state index is 5.67. The van der Waals surface area contributed by atoms with Crippen molar-refractivity contribution in [3.63, 3.8) is 0 Å². The molecule has 0 nitrogen and oxygen atoms in total. The molecule has 0 aromatic rings. The van der Waals surface area contributed by atoms with E-state index in [1.165, 1.54) is 0 Å². The molecule has 0 saturated heterocycles. The molecular formula is C3H9ClNa2SSi. The summed E-state index contributed by atoms with van der Waals surface area (Å²) < 4.78 is 0. The molecule has 0 bridgehead atoms. The first-order valence-corrected chi connectivity index (χ1v) is 6.20. The van der Waals surface area contributed by atoms with Gasteiger partial charge in [0, 0.05) is 0 Å². The van der Waals surface area contributed by atoms with Crippen LogP contribution in [0.25, 0.3) is 0 Å². The fourth-order valence-electron chi connectivity index (χ4n) is 0. The van der Waals surface area contributed by atoms with Crippen molar-refractivity contribution in [2.24, 2.45) is 0 Å². The molecule has 5 heteroatoms. The van der Waals surface area contributed by atoms with Crippen LogP contribution in [0.2, 0.25) is 19.6 Å². The molecule has 0 N–H and O–H groups in total. The van der Waals surface area contributed by atoms with Crippen molar-refractivity contribution >= 4 is 32.0 Å². The van der Waals surface area contributed by atoms with Gasteiger partial charge in [0.2, 0.25) is 0 Å². The Labute approximate surface area is 109 Å². The molecule has 0 aliphatic carbocycles. The third-order valence-electron chi connectivity index (χ3n) is 0. The number of rotatable bonds is 0. The Hall–Kier alpha value is 2.86. The second kappa shape index (κ2) is 9.86. The molecule has 0 aliphatic heterocycles. The molecule has 0 spiro atoms. The van der Waals surface area contributed by atoms with Crippen LogP contribution in [-0.4, -0.2) is 7.38 Å². The van der Waals surface area contributed by atoms with Gasteiger partial charge >= 0.3 is 59.1 Å². The minimum atomic E-state index is -1.14. The SMILES string of the molecule is C[Si](C)(C)Cl.[Na+].[Na+].[S-2]. The van der Waals surface area contributed by atoms with E-state index < -0.39 is 7.38 Å². The Kier molecular flexibility index (Phi) is 27.6. The minimum absolute atomic E-state index is 0. The van der Waals surface area contributed by atoms with Crippen molar-refractivity contribution in [2.45, 2.75) is 19.6 Å². The van der Waals surface area contributed by atoms with Gasteiger partial charge in [-0.1, -0.05) is 19.6 Å². The number of halogens is 1. The molecule has 0 rings (SSSR count). The van der Waals surface area contributed by atoms with Crippen LogP contribution >= 0.6 is 11.1 Å². The van der Waals surface area contributed by atoms with Crippen LogP contribution in [-0.2, 0) is 13.5 Å². The molecule has 0 aliphatic rings. The molecule has 0 fully saturated rings. The van der Waals surface area contributed by atoms with E-state index in [0.29, 0.717) is 0 Å². The summed E-state index contributed by atoms with van der Waals surface area (Å²) in [7, 11) is -1.14. The third kappa shape index (κ3) is 67.0. The molecule has 0 aromatic heterocycles. The molecule has 0 aromatic carbocycles. The maximum atomic E-state index is 5.67. The molecule has 0 radical (unpaired) electrons. The predicted octanol–water partition coefficient (Wildman–Crippen LogP) is -3.93. The predicted molar refractivity (Wildman–Crippen MR) is 36.6 cm³/mol. The standard InChI is InChI=1S/C3H9ClSi.2Na.S/c1-5(2,3)4;;;/h1-3H3;;;/q;2*+1;-2. The Morgan fingerprint density at radius 3 is 1.00 bits per heavy atom. The van der Waals surface area contributed by atoms with Crippen molar-refractivity contribution in [1.29, 1.82) is 0 Å². The third-order valence-corrected chi connectivity index (χ3v) is 0. The summed E-state index contributed by atoms with van der Waals surface area (Å²) in [5.41, 5.74) is 0. The Bertz CT molecular complexity index is 32.8. The summed E-state index contributed by atoms with van der Waals surface area (Å²) in [4.78, 5) is 0. The molecule has 0 atom stereocenters. The van der Waals surface area contributed by atoms with E-state index in [1.54, 1.807) is 0 Å². The average molecular weight is 187 g/mol. The molecule has 0 saturated carbocycles. The molecule has 0 heterocycles. The van der Waals surface area contributed by atoms with Crippen molar-refractivity contribution in [3.8, 4) is 0 Å². The van der Waals surface area contributed by atoms with Gasteiger partial charge in [0.25, 0.3) is 0 Å². The second-order valence-corrected chi connectivity index (χ2v) is 9.60. The molecule has 0 amide bonds. The van der Waals surface area contributed by atoms with Crippen molar-refractivity contribution in [2.75, 3.05) is 0 Å². The van der Waals surface area contributed by atoms with Gasteiger partial charge in [-0.25, -0.2) is 0 Å². The van der Waals surface area contributed by atoms with Gasteiger partial charge in [-0.05, 0) is 0 Å². The van der Waals surface area contributed by atoms with E-state index in [9.17, 15) is 0 Å². The van der Waals surface area contributed by atoms with Crippen LogP contribution < -0.4 is 59.1 Å². The summed E-state index contributed by atoms with van der Waals surface area (Å²) >= 11 is 5.67. The second-order valence-electron chi connectivity index (χ2n) is 2.07. The van der Waals surface area contributed by atoms with Gasteiger partial charge in [0.1, 0.15) is 7.38 Å². The van der Waals surface area contributed by atoms with Gasteiger partial charge in [0.05, 0.1) is 0 Å². The van der Waals surface area contributed by atoms with E-state index in [-0.39, 0.29) is 72.6 Å². The van der Waals surface area contributed by atoms with Gasteiger partial charge < -0.3 is 13.5 Å². The van der Waals surface area contributed by atoms with Gasteiger partial charge in [-0.2, -0.15) is 11.1 Å². The number of hydrogen-bond acceptors (Lipinski definition) is 0. The number of hydrogen-bond donors (Lipinski definition) is 0. The molecular weight excluding hydrogens is 178 g/mol. The molecule has 40 valence electrons. The summed E-state index contributed by atoms with van der Waals surface area (Å²) in [5, 5.41) is 0. The van der Waals surface area contributed by atoms with Crippen LogP contribution in [0.15, 0.2) is 0 Å². The van der Waals surface area contributed by atoms with Crippen LogP contribution in [0.5, 0.6) is 0 Å². The fraction of sp³-hybridized carbons (Fsp3) is 1.00. The average Bonchev–Trinajstić information content (AvgIpc) is 0.722. The zero-order valence-electron chi connectivity index (χ0n) is 6.29. The van der Waals surface area contributed by atoms with Gasteiger partial charge in [0.15, 0.2) is 0 Å². The van der Waals surface area contributed by atoms with E-state index >= 15 is 0 Å². The first-order valence-electron chi connectivity index (χ1n) is 1.69. The minimum Gasteiger partial charge on any atom is -2.00 e. The summed E-state index contributed by atoms with van der Waals surface area (Å²) in [6.07, 6.45) is 0. The van der Waals surface area contributed by atoms with Crippen molar-refractivity contribution in [1.82, 2.24) is 0 Å². The van der Waals surface area contributed by atoms with Gasteiger partial charge in [-0.3, -0.25) is 0 Å². The largest absolute Gasteiger partial charge is 2.00 e. The Balaban J connectivity index is -0.0000000267. The van der Waals surface area contributed by atoms with Crippen LogP contribution in [0, 0.1) is 0 Å². The van der Waals surface area contributed by atoms with Crippen LogP contribution in [0.4, 0.5) is 0 Å². The van der Waals surface area contributed by atoms with E-state index in [4.69, 9.17) is 11.1 Å². The first-order chi connectivity index (χ1) is 2.00. The Morgan fingerprint density at radius 2 is 1.00 bits per heavy atom. The molecule has 8 heavy (non-hydrogen) atoms. The summed E-state index contributed by atoms with van der Waals surface area (Å²) in [5.74, 6) is 0. The van der Waals surface area contributed by atoms with Crippen molar-refractivity contribution in [3.05, 3.63) is 0 Å². The zero-order valence-corrected chi connectivity index (χ0v) is 12.9. The summed E-state index contributed by atoms with van der Waals surface area (Å²) in [6, 6.07) is 0. The fourth-order valence-corrected chi connectivity index (χ4v) is 0. The zero-order chi connectivity index (χ0) is 4.50. The monoisotopic (exact) mass is 186 g/mol. The van der Waals surface area contributed by atoms with Crippen LogP contribution in [0.3, 0.4) is 0 Å². The first kappa shape index (κ1) is 22.4. The van der Waals surface area contributed by atoms with E-state index in [0.717, 1.165) is 0 Å². The van der Waals surface area contributed by atoms with E-state index in [2.05, 4.69) is 19.6 Å². The van der Waals surface area contributed by atoms with Crippen LogP contribution in [0.1, 0.15) is 0 Å². The van der Waals surface area contributed by atoms with Crippen molar-refractivity contribution < 1.29 is 59.1 Å². The topological polar surface area (TPSA) is 0 Å². The van der Waals surface area contributed by atoms with E-state index in [1.807, 2.05) is 0 Å². The van der Waals surface area contributed by atoms with Gasteiger partial charge in [-0.15, -0.1) is 0 Å².